The number of aliphatic hydroxyl groups excluding tert-OH is 1. The molecule has 0 saturated heterocycles. The lowest BCUT2D eigenvalue weighted by Gasteiger charge is -2.20. The predicted molar refractivity (Wildman–Crippen MR) is 71.8 cm³/mol. The minimum absolute atomic E-state index is 0.0451. The maximum absolute atomic E-state index is 11.6. The van der Waals surface area contributed by atoms with Gasteiger partial charge in [-0.05, 0) is 5.92 Å². The van der Waals surface area contributed by atoms with E-state index in [9.17, 15) is 9.59 Å². The Balaban J connectivity index is 3.99. The van der Waals surface area contributed by atoms with Crippen molar-refractivity contribution in [1.82, 2.24) is 15.5 Å². The zero-order chi connectivity index (χ0) is 14.7. The highest BCUT2D eigenvalue weighted by molar-refractivity contribution is 5.95. The molecule has 19 heavy (non-hydrogen) atoms. The summed E-state index contributed by atoms with van der Waals surface area (Å²) in [4.78, 5) is 24.7. The van der Waals surface area contributed by atoms with E-state index in [0.29, 0.717) is 32.2 Å². The van der Waals surface area contributed by atoms with E-state index in [2.05, 4.69) is 10.6 Å². The van der Waals surface area contributed by atoms with Gasteiger partial charge in [-0.2, -0.15) is 0 Å². The van der Waals surface area contributed by atoms with Crippen LogP contribution < -0.4 is 10.6 Å². The highest BCUT2D eigenvalue weighted by Crippen LogP contribution is 1.89. The quantitative estimate of drug-likeness (QED) is 0.523. The van der Waals surface area contributed by atoms with Crippen molar-refractivity contribution in [2.75, 3.05) is 46.5 Å². The molecule has 112 valence electrons. The highest BCUT2D eigenvalue weighted by atomic mass is 16.5. The summed E-state index contributed by atoms with van der Waals surface area (Å²) >= 11 is 0. The van der Waals surface area contributed by atoms with E-state index < -0.39 is 11.9 Å². The third kappa shape index (κ3) is 10.4. The Morgan fingerprint density at radius 2 is 2.00 bits per heavy atom. The van der Waals surface area contributed by atoms with Crippen molar-refractivity contribution < 1.29 is 19.4 Å². The first-order valence-electron chi connectivity index (χ1n) is 6.39. The Kier molecular flexibility index (Phi) is 10.1. The Bertz CT molecular complexity index is 272. The van der Waals surface area contributed by atoms with Crippen LogP contribution in [-0.4, -0.2) is 68.4 Å². The molecule has 0 spiro atoms. The van der Waals surface area contributed by atoms with E-state index in [1.807, 2.05) is 13.8 Å². The summed E-state index contributed by atoms with van der Waals surface area (Å²) in [5, 5.41) is 13.7. The lowest BCUT2D eigenvalue weighted by Crippen LogP contribution is -2.46. The van der Waals surface area contributed by atoms with Crippen molar-refractivity contribution in [2.45, 2.75) is 13.8 Å². The van der Waals surface area contributed by atoms with Gasteiger partial charge in [0.25, 0.3) is 0 Å². The van der Waals surface area contributed by atoms with E-state index in [-0.39, 0.29) is 13.2 Å². The summed E-state index contributed by atoms with van der Waals surface area (Å²) in [6.07, 6.45) is 0. The minimum Gasteiger partial charge on any atom is -0.395 e. The summed E-state index contributed by atoms with van der Waals surface area (Å²) in [6, 6.07) is -0.491. The number of amides is 3. The predicted octanol–water partition coefficient (Wildman–Crippen LogP) is -0.591. The van der Waals surface area contributed by atoms with Gasteiger partial charge in [0.05, 0.1) is 19.8 Å². The molecule has 0 aromatic carbocycles. The van der Waals surface area contributed by atoms with E-state index in [0.717, 1.165) is 0 Å². The standard InChI is InChI=1S/C12H25N3O4/c1-10(2)8-13-12(18)14-11(17)9-15(4-6-16)5-7-19-3/h10,16H,4-9H2,1-3H3,(H2,13,14,17,18). The van der Waals surface area contributed by atoms with Crippen molar-refractivity contribution in [3.63, 3.8) is 0 Å². The van der Waals surface area contributed by atoms with Crippen molar-refractivity contribution in [2.24, 2.45) is 5.92 Å². The molecule has 0 aromatic heterocycles. The first-order valence-corrected chi connectivity index (χ1v) is 6.39. The molecule has 3 amide bonds. The molecule has 0 aliphatic heterocycles. The normalized spacial score (nSPS) is 10.8. The number of urea groups is 1. The smallest absolute Gasteiger partial charge is 0.321 e. The lowest BCUT2D eigenvalue weighted by atomic mass is 10.2. The number of imide groups is 1. The van der Waals surface area contributed by atoms with Crippen molar-refractivity contribution >= 4 is 11.9 Å². The number of rotatable bonds is 9. The fraction of sp³-hybridized carbons (Fsp3) is 0.833. The summed E-state index contributed by atoms with van der Waals surface area (Å²) in [7, 11) is 1.57. The SMILES string of the molecule is COCCN(CCO)CC(=O)NC(=O)NCC(C)C. The van der Waals surface area contributed by atoms with Gasteiger partial charge in [-0.1, -0.05) is 13.8 Å². The molecule has 0 radical (unpaired) electrons. The maximum Gasteiger partial charge on any atom is 0.321 e. The molecular formula is C12H25N3O4. The molecule has 0 heterocycles. The first kappa shape index (κ1) is 17.8. The van der Waals surface area contributed by atoms with Gasteiger partial charge < -0.3 is 15.2 Å². The highest BCUT2D eigenvalue weighted by Gasteiger charge is 2.12. The second kappa shape index (κ2) is 10.7. The van der Waals surface area contributed by atoms with Crippen LogP contribution in [0.5, 0.6) is 0 Å². The molecule has 0 bridgehead atoms. The second-order valence-corrected chi connectivity index (χ2v) is 4.64. The Morgan fingerprint density at radius 1 is 1.32 bits per heavy atom. The second-order valence-electron chi connectivity index (χ2n) is 4.64. The first-order chi connectivity index (χ1) is 8.99. The average Bonchev–Trinajstić information content (AvgIpc) is 2.33. The number of nitrogens with zero attached hydrogens (tertiary/aromatic N) is 1. The molecular weight excluding hydrogens is 250 g/mol. The van der Waals surface area contributed by atoms with Gasteiger partial charge in [0.15, 0.2) is 0 Å². The van der Waals surface area contributed by atoms with E-state index in [1.165, 1.54) is 0 Å². The molecule has 0 aliphatic carbocycles. The third-order valence-corrected chi connectivity index (χ3v) is 2.32. The average molecular weight is 275 g/mol. The number of carbonyl (C=O) groups is 2. The van der Waals surface area contributed by atoms with Crippen molar-refractivity contribution in [1.29, 1.82) is 0 Å². The van der Waals surface area contributed by atoms with Crippen molar-refractivity contribution in [3.05, 3.63) is 0 Å². The van der Waals surface area contributed by atoms with Gasteiger partial charge in [-0.3, -0.25) is 15.0 Å². The van der Waals surface area contributed by atoms with E-state index in [4.69, 9.17) is 9.84 Å². The number of aliphatic hydroxyl groups is 1. The molecule has 0 rings (SSSR count). The maximum atomic E-state index is 11.6. The number of ether oxygens (including phenoxy) is 1. The lowest BCUT2D eigenvalue weighted by molar-refractivity contribution is -0.121. The Hall–Kier alpha value is -1.18. The largest absolute Gasteiger partial charge is 0.395 e. The molecule has 0 aliphatic rings. The van der Waals surface area contributed by atoms with Gasteiger partial charge in [0, 0.05) is 26.7 Å². The fourth-order valence-electron chi connectivity index (χ4n) is 1.34. The molecule has 0 fully saturated rings. The van der Waals surface area contributed by atoms with Gasteiger partial charge in [-0.15, -0.1) is 0 Å². The van der Waals surface area contributed by atoms with Gasteiger partial charge in [-0.25, -0.2) is 4.79 Å². The van der Waals surface area contributed by atoms with Crippen LogP contribution in [0.3, 0.4) is 0 Å². The van der Waals surface area contributed by atoms with Crippen LogP contribution in [0.15, 0.2) is 0 Å². The molecule has 0 saturated carbocycles. The molecule has 3 N–H and O–H groups in total. The zero-order valence-electron chi connectivity index (χ0n) is 11.9. The summed E-state index contributed by atoms with van der Waals surface area (Å²) in [5.41, 5.74) is 0. The molecule has 0 aromatic rings. The van der Waals surface area contributed by atoms with Crippen LogP contribution in [0.25, 0.3) is 0 Å². The molecule has 0 atom stereocenters. The summed E-state index contributed by atoms with van der Waals surface area (Å²) in [6.45, 7) is 5.82. The van der Waals surface area contributed by atoms with Crippen LogP contribution in [0.4, 0.5) is 4.79 Å². The molecule has 7 nitrogen and oxygen atoms in total. The Labute approximate surface area is 114 Å². The van der Waals surface area contributed by atoms with Crippen LogP contribution >= 0.6 is 0 Å². The van der Waals surface area contributed by atoms with Crippen LogP contribution in [-0.2, 0) is 9.53 Å². The fourth-order valence-corrected chi connectivity index (χ4v) is 1.34. The monoisotopic (exact) mass is 275 g/mol. The molecule has 7 heteroatoms. The van der Waals surface area contributed by atoms with Crippen LogP contribution in [0.1, 0.15) is 13.8 Å². The van der Waals surface area contributed by atoms with Gasteiger partial charge in [0.1, 0.15) is 0 Å². The number of carbonyl (C=O) groups excluding carboxylic acids is 2. The Morgan fingerprint density at radius 3 is 2.53 bits per heavy atom. The van der Waals surface area contributed by atoms with Gasteiger partial charge >= 0.3 is 6.03 Å². The van der Waals surface area contributed by atoms with E-state index in [1.54, 1.807) is 12.0 Å². The number of nitrogens with one attached hydrogen (secondary N) is 2. The number of methoxy groups -OCH3 is 1. The third-order valence-electron chi connectivity index (χ3n) is 2.32. The van der Waals surface area contributed by atoms with E-state index >= 15 is 0 Å². The minimum atomic E-state index is -0.491. The number of hydrogen-bond donors (Lipinski definition) is 3. The van der Waals surface area contributed by atoms with Crippen LogP contribution in [0.2, 0.25) is 0 Å². The summed E-state index contributed by atoms with van der Waals surface area (Å²) < 4.78 is 4.91. The zero-order valence-corrected chi connectivity index (χ0v) is 11.9. The molecule has 0 unspecified atom stereocenters. The van der Waals surface area contributed by atoms with Gasteiger partial charge in [0.2, 0.25) is 5.91 Å². The van der Waals surface area contributed by atoms with Crippen molar-refractivity contribution in [3.8, 4) is 0 Å². The number of hydrogen-bond acceptors (Lipinski definition) is 5. The van der Waals surface area contributed by atoms with Crippen LogP contribution in [0, 0.1) is 5.92 Å². The topological polar surface area (TPSA) is 90.9 Å². The summed E-state index contributed by atoms with van der Waals surface area (Å²) in [5.74, 6) is -0.0701.